The third-order valence-electron chi connectivity index (χ3n) is 5.83. The van der Waals surface area contributed by atoms with Gasteiger partial charge in [0.25, 0.3) is 0 Å². The van der Waals surface area contributed by atoms with Crippen molar-refractivity contribution in [3.8, 4) is 24.7 Å². The standard InChI is InChI=1S/C29H26N4O4/c1-7-20-11-9-16(3)25(18(20)5)32-28(36)30-23-13-22(27(34)35)14-24(15-23)31-29(37)33-26-17(4)10-12-21(8-2)19(26)6/h1-2,9-15H,3-6H3,(H,34,35)(H2,30,32,36)(H2,31,33,37). The highest BCUT2D eigenvalue weighted by Crippen LogP contribution is 2.26. The van der Waals surface area contributed by atoms with E-state index in [9.17, 15) is 19.5 Å². The molecule has 0 heterocycles. The summed E-state index contributed by atoms with van der Waals surface area (Å²) in [6.07, 6.45) is 11.0. The van der Waals surface area contributed by atoms with E-state index in [1.165, 1.54) is 18.2 Å². The maximum atomic E-state index is 12.7. The molecule has 186 valence electrons. The van der Waals surface area contributed by atoms with Crippen LogP contribution in [0.5, 0.6) is 0 Å². The lowest BCUT2D eigenvalue weighted by atomic mass is 10.0. The molecular formula is C29H26N4O4. The SMILES string of the molecule is C#Cc1ccc(C)c(NC(=O)Nc2cc(NC(=O)Nc3c(C)ccc(C#C)c3C)cc(C(=O)O)c2)c1C. The summed E-state index contributed by atoms with van der Waals surface area (Å²) in [5, 5.41) is 20.3. The normalized spacial score (nSPS) is 10.0. The van der Waals surface area contributed by atoms with E-state index < -0.39 is 18.0 Å². The molecule has 8 heteroatoms. The average molecular weight is 495 g/mol. The summed E-state index contributed by atoms with van der Waals surface area (Å²) < 4.78 is 0. The van der Waals surface area contributed by atoms with Gasteiger partial charge in [0.1, 0.15) is 0 Å². The van der Waals surface area contributed by atoms with Gasteiger partial charge in [-0.05, 0) is 80.3 Å². The van der Waals surface area contributed by atoms with Crippen LogP contribution in [0, 0.1) is 52.4 Å². The van der Waals surface area contributed by atoms with Crippen LogP contribution in [0.15, 0.2) is 42.5 Å². The zero-order chi connectivity index (χ0) is 27.3. The zero-order valence-electron chi connectivity index (χ0n) is 20.9. The van der Waals surface area contributed by atoms with Crippen molar-refractivity contribution in [1.29, 1.82) is 0 Å². The molecule has 0 aromatic heterocycles. The number of amides is 4. The van der Waals surface area contributed by atoms with E-state index in [4.69, 9.17) is 12.8 Å². The molecule has 3 aromatic carbocycles. The molecule has 0 fully saturated rings. The number of carbonyl (C=O) groups excluding carboxylic acids is 2. The minimum Gasteiger partial charge on any atom is -0.478 e. The van der Waals surface area contributed by atoms with Crippen molar-refractivity contribution >= 4 is 40.8 Å². The molecule has 4 amide bonds. The fourth-order valence-corrected chi connectivity index (χ4v) is 3.84. The largest absolute Gasteiger partial charge is 0.478 e. The first kappa shape index (κ1) is 26.4. The van der Waals surface area contributed by atoms with Crippen molar-refractivity contribution in [3.63, 3.8) is 0 Å². The maximum absolute atomic E-state index is 12.7. The van der Waals surface area contributed by atoms with Gasteiger partial charge >= 0.3 is 18.0 Å². The predicted molar refractivity (Wildman–Crippen MR) is 146 cm³/mol. The summed E-state index contributed by atoms with van der Waals surface area (Å²) in [6, 6.07) is 9.99. The van der Waals surface area contributed by atoms with Gasteiger partial charge in [-0.3, -0.25) is 0 Å². The minimum absolute atomic E-state index is 0.128. The number of nitrogens with one attached hydrogen (secondary N) is 4. The third kappa shape index (κ3) is 6.08. The summed E-state index contributed by atoms with van der Waals surface area (Å²) in [5.41, 5.74) is 5.68. The highest BCUT2D eigenvalue weighted by Gasteiger charge is 2.15. The van der Waals surface area contributed by atoms with Gasteiger partial charge in [-0.2, -0.15) is 0 Å². The van der Waals surface area contributed by atoms with Gasteiger partial charge in [-0.15, -0.1) is 12.8 Å². The Hall–Kier alpha value is -5.21. The molecule has 0 radical (unpaired) electrons. The molecule has 8 nitrogen and oxygen atoms in total. The molecule has 37 heavy (non-hydrogen) atoms. The summed E-state index contributed by atoms with van der Waals surface area (Å²) >= 11 is 0. The molecule has 0 atom stereocenters. The quantitative estimate of drug-likeness (QED) is 0.285. The number of aromatic carboxylic acids is 1. The number of hydrogen-bond acceptors (Lipinski definition) is 3. The van der Waals surface area contributed by atoms with E-state index in [1.807, 2.05) is 13.8 Å². The number of rotatable bonds is 5. The van der Waals surface area contributed by atoms with E-state index in [-0.39, 0.29) is 16.9 Å². The fraction of sp³-hybridized carbons (Fsp3) is 0.138. The van der Waals surface area contributed by atoms with Crippen molar-refractivity contribution in [2.75, 3.05) is 21.3 Å². The Morgan fingerprint density at radius 3 is 1.43 bits per heavy atom. The number of benzene rings is 3. The van der Waals surface area contributed by atoms with E-state index in [2.05, 4.69) is 33.1 Å². The second kappa shape index (κ2) is 11.0. The fourth-order valence-electron chi connectivity index (χ4n) is 3.84. The second-order valence-corrected chi connectivity index (χ2v) is 8.41. The van der Waals surface area contributed by atoms with E-state index >= 15 is 0 Å². The highest BCUT2D eigenvalue weighted by molar-refractivity contribution is 6.04. The zero-order valence-corrected chi connectivity index (χ0v) is 20.9. The molecule has 3 rings (SSSR count). The Labute approximate surface area is 215 Å². The Morgan fingerprint density at radius 1 is 0.676 bits per heavy atom. The van der Waals surface area contributed by atoms with Crippen LogP contribution in [0.3, 0.4) is 0 Å². The number of anilines is 4. The van der Waals surface area contributed by atoms with Gasteiger partial charge < -0.3 is 26.4 Å². The van der Waals surface area contributed by atoms with Crippen molar-refractivity contribution in [2.24, 2.45) is 0 Å². The number of terminal acetylenes is 2. The summed E-state index contributed by atoms with van der Waals surface area (Å²) in [6.45, 7) is 7.26. The molecule has 0 spiro atoms. The Balaban J connectivity index is 1.83. The average Bonchev–Trinajstić information content (AvgIpc) is 2.84. The number of carbonyl (C=O) groups is 3. The third-order valence-corrected chi connectivity index (χ3v) is 5.83. The highest BCUT2D eigenvalue weighted by atomic mass is 16.4. The minimum atomic E-state index is -1.23. The lowest BCUT2D eigenvalue weighted by Crippen LogP contribution is -2.23. The number of urea groups is 2. The van der Waals surface area contributed by atoms with E-state index in [1.54, 1.807) is 38.1 Å². The van der Waals surface area contributed by atoms with E-state index in [0.29, 0.717) is 22.5 Å². The second-order valence-electron chi connectivity index (χ2n) is 8.41. The van der Waals surface area contributed by atoms with Crippen molar-refractivity contribution in [2.45, 2.75) is 27.7 Å². The van der Waals surface area contributed by atoms with Crippen molar-refractivity contribution < 1.29 is 19.5 Å². The number of carboxylic acid groups (broad SMARTS) is 1. The van der Waals surface area contributed by atoms with Crippen LogP contribution in [-0.4, -0.2) is 23.1 Å². The van der Waals surface area contributed by atoms with E-state index in [0.717, 1.165) is 22.3 Å². The Morgan fingerprint density at radius 2 is 1.08 bits per heavy atom. The number of aryl methyl sites for hydroxylation is 2. The van der Waals surface area contributed by atoms with Crippen LogP contribution < -0.4 is 21.3 Å². The van der Waals surface area contributed by atoms with Gasteiger partial charge in [-0.25, -0.2) is 14.4 Å². The number of carboxylic acids is 1. The first-order valence-electron chi connectivity index (χ1n) is 11.2. The van der Waals surface area contributed by atoms with Crippen LogP contribution in [-0.2, 0) is 0 Å². The molecule has 0 saturated heterocycles. The van der Waals surface area contributed by atoms with Crippen LogP contribution in [0.1, 0.15) is 43.7 Å². The smallest absolute Gasteiger partial charge is 0.335 e. The Kier molecular flexibility index (Phi) is 7.86. The van der Waals surface area contributed by atoms with Crippen molar-refractivity contribution in [3.05, 3.63) is 81.4 Å². The lowest BCUT2D eigenvalue weighted by molar-refractivity contribution is 0.0697. The molecule has 0 aliphatic carbocycles. The molecule has 0 aliphatic rings. The first-order valence-corrected chi connectivity index (χ1v) is 11.2. The molecule has 5 N–H and O–H groups in total. The van der Waals surface area contributed by atoms with Crippen LogP contribution >= 0.6 is 0 Å². The monoisotopic (exact) mass is 494 g/mol. The van der Waals surface area contributed by atoms with Crippen molar-refractivity contribution in [1.82, 2.24) is 0 Å². The molecule has 0 unspecified atom stereocenters. The van der Waals surface area contributed by atoms with Gasteiger partial charge in [0, 0.05) is 33.9 Å². The van der Waals surface area contributed by atoms with Gasteiger partial charge in [0.2, 0.25) is 0 Å². The Bertz CT molecular complexity index is 1410. The maximum Gasteiger partial charge on any atom is 0.335 e. The summed E-state index contributed by atoms with van der Waals surface area (Å²) in [5.74, 6) is 3.91. The topological polar surface area (TPSA) is 120 Å². The molecule has 0 aliphatic heterocycles. The van der Waals surface area contributed by atoms with Gasteiger partial charge in [0.05, 0.1) is 5.56 Å². The van der Waals surface area contributed by atoms with Crippen LogP contribution in [0.25, 0.3) is 0 Å². The molecule has 3 aromatic rings. The molecular weight excluding hydrogens is 468 g/mol. The van der Waals surface area contributed by atoms with Crippen LogP contribution in [0.2, 0.25) is 0 Å². The molecule has 0 saturated carbocycles. The van der Waals surface area contributed by atoms with Gasteiger partial charge in [-0.1, -0.05) is 24.0 Å². The van der Waals surface area contributed by atoms with Gasteiger partial charge in [0.15, 0.2) is 0 Å². The predicted octanol–water partition coefficient (Wildman–Crippen LogP) is 5.87. The first-order chi connectivity index (χ1) is 17.5. The summed E-state index contributed by atoms with van der Waals surface area (Å²) in [4.78, 5) is 37.2. The number of hydrogen-bond donors (Lipinski definition) is 5. The van der Waals surface area contributed by atoms with Crippen LogP contribution in [0.4, 0.5) is 32.3 Å². The summed E-state index contributed by atoms with van der Waals surface area (Å²) in [7, 11) is 0. The molecule has 0 bridgehead atoms. The lowest BCUT2D eigenvalue weighted by Gasteiger charge is -2.16.